The Balaban J connectivity index is 2.05. The van der Waals surface area contributed by atoms with Crippen LogP contribution in [0, 0.1) is 0 Å². The number of likely N-dealkylation sites (N-methyl/N-ethyl adjacent to an activating group) is 2. The topological polar surface area (TPSA) is 66.9 Å². The number of hydrogen-bond acceptors (Lipinski definition) is 4. The average Bonchev–Trinajstić information content (AvgIpc) is 2.66. The van der Waals surface area contributed by atoms with Crippen molar-refractivity contribution >= 4 is 15.9 Å². The standard InChI is InChI=1S/C19H24N2O4S/c1-4-21(26(23,24)18-8-6-5-7-9-18)15-19(22)20(2)14-16-10-12-17(25-3)13-11-16/h5-13H,4,14-15H2,1-3H3. The maximum absolute atomic E-state index is 12.7. The summed E-state index contributed by atoms with van der Waals surface area (Å²) in [7, 11) is -0.436. The van der Waals surface area contributed by atoms with Gasteiger partial charge < -0.3 is 9.64 Å². The second-order valence-corrected chi connectivity index (χ2v) is 7.78. The van der Waals surface area contributed by atoms with Gasteiger partial charge in [0.05, 0.1) is 18.6 Å². The molecule has 0 saturated carbocycles. The summed E-state index contributed by atoms with van der Waals surface area (Å²) in [5, 5.41) is 0. The summed E-state index contributed by atoms with van der Waals surface area (Å²) in [6.45, 7) is 2.14. The SMILES string of the molecule is CCN(CC(=O)N(C)Cc1ccc(OC)cc1)S(=O)(=O)c1ccccc1. The van der Waals surface area contributed by atoms with Crippen molar-refractivity contribution in [2.24, 2.45) is 0 Å². The van der Waals surface area contributed by atoms with Crippen LogP contribution in [0.1, 0.15) is 12.5 Å². The van der Waals surface area contributed by atoms with Crippen molar-refractivity contribution in [3.05, 3.63) is 60.2 Å². The van der Waals surface area contributed by atoms with E-state index in [9.17, 15) is 13.2 Å². The molecule has 6 nitrogen and oxygen atoms in total. The van der Waals surface area contributed by atoms with Gasteiger partial charge in [-0.1, -0.05) is 37.3 Å². The molecule has 0 aliphatic carbocycles. The summed E-state index contributed by atoms with van der Waals surface area (Å²) in [6.07, 6.45) is 0. The van der Waals surface area contributed by atoms with Crippen LogP contribution in [0.4, 0.5) is 0 Å². The highest BCUT2D eigenvalue weighted by Gasteiger charge is 2.26. The normalized spacial score (nSPS) is 11.4. The van der Waals surface area contributed by atoms with Gasteiger partial charge in [-0.3, -0.25) is 4.79 Å². The number of sulfonamides is 1. The molecule has 0 aromatic heterocycles. The van der Waals surface area contributed by atoms with Gasteiger partial charge in [0.1, 0.15) is 5.75 Å². The minimum atomic E-state index is -3.69. The number of benzene rings is 2. The van der Waals surface area contributed by atoms with E-state index < -0.39 is 10.0 Å². The summed E-state index contributed by atoms with van der Waals surface area (Å²) in [6, 6.07) is 15.5. The summed E-state index contributed by atoms with van der Waals surface area (Å²) in [4.78, 5) is 14.2. The molecule has 0 atom stereocenters. The molecule has 7 heteroatoms. The first-order valence-corrected chi connectivity index (χ1v) is 9.74. The first kappa shape index (κ1) is 19.9. The van der Waals surface area contributed by atoms with Crippen molar-refractivity contribution in [1.29, 1.82) is 0 Å². The van der Waals surface area contributed by atoms with Gasteiger partial charge in [-0.15, -0.1) is 0 Å². The van der Waals surface area contributed by atoms with Crippen LogP contribution in [0.3, 0.4) is 0 Å². The molecule has 0 heterocycles. The minimum Gasteiger partial charge on any atom is -0.497 e. The quantitative estimate of drug-likeness (QED) is 0.709. The fourth-order valence-electron chi connectivity index (χ4n) is 2.47. The summed E-state index contributed by atoms with van der Waals surface area (Å²) in [5.41, 5.74) is 0.940. The molecule has 2 rings (SSSR count). The molecule has 0 saturated heterocycles. The highest BCUT2D eigenvalue weighted by atomic mass is 32.2. The number of methoxy groups -OCH3 is 1. The number of amides is 1. The third kappa shape index (κ3) is 4.83. The van der Waals surface area contributed by atoms with Gasteiger partial charge in [0, 0.05) is 20.1 Å². The third-order valence-electron chi connectivity index (χ3n) is 4.05. The molecule has 0 aliphatic heterocycles. The summed E-state index contributed by atoms with van der Waals surface area (Å²) >= 11 is 0. The van der Waals surface area contributed by atoms with Crippen molar-refractivity contribution in [3.8, 4) is 5.75 Å². The van der Waals surface area contributed by atoms with Crippen LogP contribution in [-0.4, -0.2) is 50.8 Å². The summed E-state index contributed by atoms with van der Waals surface area (Å²) in [5.74, 6) is 0.482. The molecular formula is C19H24N2O4S. The van der Waals surface area contributed by atoms with Gasteiger partial charge in [-0.25, -0.2) is 8.42 Å². The zero-order chi connectivity index (χ0) is 19.2. The van der Waals surface area contributed by atoms with Crippen molar-refractivity contribution in [1.82, 2.24) is 9.21 Å². The third-order valence-corrected chi connectivity index (χ3v) is 5.98. The molecule has 0 fully saturated rings. The first-order valence-electron chi connectivity index (χ1n) is 8.30. The van der Waals surface area contributed by atoms with Crippen molar-refractivity contribution in [2.45, 2.75) is 18.4 Å². The number of hydrogen-bond donors (Lipinski definition) is 0. The van der Waals surface area contributed by atoms with E-state index in [1.54, 1.807) is 39.3 Å². The van der Waals surface area contributed by atoms with Crippen LogP contribution in [-0.2, 0) is 21.4 Å². The molecule has 0 radical (unpaired) electrons. The molecule has 0 spiro atoms. The Hall–Kier alpha value is -2.38. The Kier molecular flexibility index (Phi) is 6.76. The van der Waals surface area contributed by atoms with E-state index >= 15 is 0 Å². The van der Waals surface area contributed by atoms with E-state index in [2.05, 4.69) is 0 Å². The molecule has 0 aliphatic rings. The van der Waals surface area contributed by atoms with Crippen LogP contribution in [0.5, 0.6) is 5.75 Å². The predicted molar refractivity (Wildman–Crippen MR) is 100 cm³/mol. The minimum absolute atomic E-state index is 0.187. The van der Waals surface area contributed by atoms with Gasteiger partial charge in [0.25, 0.3) is 0 Å². The van der Waals surface area contributed by atoms with Crippen LogP contribution in [0.25, 0.3) is 0 Å². The first-order chi connectivity index (χ1) is 12.4. The van der Waals surface area contributed by atoms with E-state index in [4.69, 9.17) is 4.74 Å². The Morgan fingerprint density at radius 1 is 1.04 bits per heavy atom. The average molecular weight is 376 g/mol. The molecule has 0 N–H and O–H groups in total. The number of carbonyl (C=O) groups is 1. The van der Waals surface area contributed by atoms with Crippen molar-refractivity contribution in [2.75, 3.05) is 27.2 Å². The van der Waals surface area contributed by atoms with E-state index in [1.807, 2.05) is 24.3 Å². The Morgan fingerprint density at radius 2 is 1.65 bits per heavy atom. The lowest BCUT2D eigenvalue weighted by Crippen LogP contribution is -2.41. The van der Waals surface area contributed by atoms with Gasteiger partial charge >= 0.3 is 0 Å². The van der Waals surface area contributed by atoms with E-state index in [0.29, 0.717) is 6.54 Å². The Morgan fingerprint density at radius 3 is 2.19 bits per heavy atom. The van der Waals surface area contributed by atoms with E-state index in [0.717, 1.165) is 11.3 Å². The van der Waals surface area contributed by atoms with Gasteiger partial charge in [0.2, 0.25) is 15.9 Å². The lowest BCUT2D eigenvalue weighted by molar-refractivity contribution is -0.130. The van der Waals surface area contributed by atoms with E-state index in [1.165, 1.54) is 21.3 Å². The van der Waals surface area contributed by atoms with Gasteiger partial charge in [-0.2, -0.15) is 4.31 Å². The maximum Gasteiger partial charge on any atom is 0.243 e. The smallest absolute Gasteiger partial charge is 0.243 e. The van der Waals surface area contributed by atoms with Gasteiger partial charge in [-0.05, 0) is 29.8 Å². The van der Waals surface area contributed by atoms with Crippen LogP contribution >= 0.6 is 0 Å². The number of ether oxygens (including phenoxy) is 1. The largest absolute Gasteiger partial charge is 0.497 e. The second kappa shape index (κ2) is 8.82. The number of carbonyl (C=O) groups excluding carboxylic acids is 1. The monoisotopic (exact) mass is 376 g/mol. The highest BCUT2D eigenvalue weighted by Crippen LogP contribution is 2.16. The van der Waals surface area contributed by atoms with Crippen LogP contribution in [0.2, 0.25) is 0 Å². The molecule has 2 aromatic carbocycles. The molecule has 26 heavy (non-hydrogen) atoms. The van der Waals surface area contributed by atoms with Gasteiger partial charge in [0.15, 0.2) is 0 Å². The second-order valence-electron chi connectivity index (χ2n) is 5.84. The molecular weight excluding hydrogens is 352 g/mol. The Bertz CT molecular complexity index is 820. The summed E-state index contributed by atoms with van der Waals surface area (Å²) < 4.78 is 31.7. The molecule has 0 unspecified atom stereocenters. The number of rotatable bonds is 8. The zero-order valence-corrected chi connectivity index (χ0v) is 16.1. The van der Waals surface area contributed by atoms with Crippen LogP contribution in [0.15, 0.2) is 59.5 Å². The van der Waals surface area contributed by atoms with E-state index in [-0.39, 0.29) is 23.9 Å². The lowest BCUT2D eigenvalue weighted by Gasteiger charge is -2.24. The highest BCUT2D eigenvalue weighted by molar-refractivity contribution is 7.89. The molecule has 1 amide bonds. The van der Waals surface area contributed by atoms with Crippen molar-refractivity contribution in [3.63, 3.8) is 0 Å². The Labute approximate surface area is 155 Å². The van der Waals surface area contributed by atoms with Crippen molar-refractivity contribution < 1.29 is 17.9 Å². The fourth-order valence-corrected chi connectivity index (χ4v) is 3.89. The fraction of sp³-hybridized carbons (Fsp3) is 0.316. The van der Waals surface area contributed by atoms with Crippen LogP contribution < -0.4 is 4.74 Å². The molecule has 0 bridgehead atoms. The number of nitrogens with zero attached hydrogens (tertiary/aromatic N) is 2. The molecule has 2 aromatic rings. The lowest BCUT2D eigenvalue weighted by atomic mass is 10.2. The maximum atomic E-state index is 12.7. The molecule has 140 valence electrons. The zero-order valence-electron chi connectivity index (χ0n) is 15.3. The predicted octanol–water partition coefficient (Wildman–Crippen LogP) is 2.36.